The van der Waals surface area contributed by atoms with E-state index in [1.54, 1.807) is 0 Å². The van der Waals surface area contributed by atoms with E-state index in [-0.39, 0.29) is 19.1 Å². The third-order valence-corrected chi connectivity index (χ3v) is 6.15. The van der Waals surface area contributed by atoms with E-state index in [0.717, 1.165) is 25.8 Å². The van der Waals surface area contributed by atoms with E-state index in [0.29, 0.717) is 5.92 Å². The minimum atomic E-state index is -1.99. The maximum Gasteiger partial charge on any atom is 0.366 e. The van der Waals surface area contributed by atoms with E-state index in [9.17, 15) is 24.9 Å². The molecule has 31 heavy (non-hydrogen) atoms. The molecule has 2 heterocycles. The van der Waals surface area contributed by atoms with E-state index in [1.165, 1.54) is 20.5 Å². The highest BCUT2D eigenvalue weighted by Gasteiger charge is 2.55. The molecule has 2 aliphatic rings. The van der Waals surface area contributed by atoms with Crippen molar-refractivity contribution in [3.05, 3.63) is 0 Å². The summed E-state index contributed by atoms with van der Waals surface area (Å²) in [5.74, 6) is -2.85. The number of hydrogen-bond acceptors (Lipinski definition) is 10. The first-order valence-electron chi connectivity index (χ1n) is 10.9. The smallest absolute Gasteiger partial charge is 0.366 e. The van der Waals surface area contributed by atoms with Gasteiger partial charge >= 0.3 is 11.9 Å². The van der Waals surface area contributed by atoms with E-state index in [4.69, 9.17) is 18.9 Å². The van der Waals surface area contributed by atoms with Crippen molar-refractivity contribution in [3.63, 3.8) is 0 Å². The average molecular weight is 448 g/mol. The van der Waals surface area contributed by atoms with Crippen LogP contribution < -0.4 is 0 Å². The second kappa shape index (κ2) is 11.5. The molecule has 7 atom stereocenters. The Kier molecular flexibility index (Phi) is 9.66. The first-order chi connectivity index (χ1) is 14.6. The van der Waals surface area contributed by atoms with Crippen LogP contribution >= 0.6 is 0 Å². The Hall–Kier alpha value is -1.30. The largest absolute Gasteiger partial charge is 0.465 e. The summed E-state index contributed by atoms with van der Waals surface area (Å²) in [5, 5.41) is 31.0. The fourth-order valence-electron chi connectivity index (χ4n) is 4.38. The molecular formula is C21H37NO9. The maximum absolute atomic E-state index is 12.6. The lowest BCUT2D eigenvalue weighted by Crippen LogP contribution is -2.63. The van der Waals surface area contributed by atoms with Crippen molar-refractivity contribution < 1.29 is 43.9 Å². The Morgan fingerprint density at radius 2 is 2.00 bits per heavy atom. The Labute approximate surface area is 183 Å². The van der Waals surface area contributed by atoms with Crippen molar-refractivity contribution >= 4 is 11.9 Å². The molecule has 0 aromatic carbocycles. The van der Waals surface area contributed by atoms with E-state index < -0.39 is 48.7 Å². The molecule has 0 aliphatic carbocycles. The van der Waals surface area contributed by atoms with Gasteiger partial charge in [0, 0.05) is 25.9 Å². The van der Waals surface area contributed by atoms with Crippen molar-refractivity contribution in [1.29, 1.82) is 0 Å². The minimum absolute atomic E-state index is 0.0478. The van der Waals surface area contributed by atoms with Gasteiger partial charge in [-0.2, -0.15) is 0 Å². The highest BCUT2D eigenvalue weighted by Crippen LogP contribution is 2.35. The number of piperidine rings is 1. The fraction of sp³-hybridized carbons (Fsp3) is 0.905. The predicted molar refractivity (Wildman–Crippen MR) is 109 cm³/mol. The van der Waals surface area contributed by atoms with Gasteiger partial charge in [0.05, 0.1) is 19.8 Å². The monoisotopic (exact) mass is 447 g/mol. The number of hydrogen-bond donors (Lipinski definition) is 3. The van der Waals surface area contributed by atoms with E-state index in [2.05, 4.69) is 11.8 Å². The van der Waals surface area contributed by atoms with Gasteiger partial charge in [0.2, 0.25) is 0 Å². The van der Waals surface area contributed by atoms with Crippen LogP contribution in [0.25, 0.3) is 0 Å². The Morgan fingerprint density at radius 1 is 1.29 bits per heavy atom. The molecule has 0 spiro atoms. The van der Waals surface area contributed by atoms with E-state index >= 15 is 0 Å². The van der Waals surface area contributed by atoms with Crippen LogP contribution in [0.15, 0.2) is 0 Å². The Balaban J connectivity index is 2.11. The zero-order chi connectivity index (χ0) is 23.2. The van der Waals surface area contributed by atoms with E-state index in [1.807, 2.05) is 7.05 Å². The van der Waals surface area contributed by atoms with Crippen LogP contribution in [0.1, 0.15) is 46.0 Å². The molecule has 0 amide bonds. The quantitative estimate of drug-likeness (QED) is 0.408. The zero-order valence-electron chi connectivity index (χ0n) is 18.9. The summed E-state index contributed by atoms with van der Waals surface area (Å²) in [4.78, 5) is 25.9. The number of likely N-dealkylation sites (N-methyl/N-ethyl adjacent to an activating group) is 1. The van der Waals surface area contributed by atoms with Crippen molar-refractivity contribution in [1.82, 2.24) is 4.90 Å². The SMILES string of the molecule is CCCC1CCC(CO[C@]2(C(=O)OC)C[C@@H](O)[C@@H](O)C([C@H](O)COC(C)=O)O2)N(C)C1. The number of carbonyl (C=O) groups is 2. The Bertz CT molecular complexity index is 603. The summed E-state index contributed by atoms with van der Waals surface area (Å²) in [6.07, 6.45) is -1.91. The molecule has 10 heteroatoms. The predicted octanol–water partition coefficient (Wildman–Crippen LogP) is -0.182. The lowest BCUT2D eigenvalue weighted by molar-refractivity contribution is -0.327. The average Bonchev–Trinajstić information content (AvgIpc) is 2.73. The first kappa shape index (κ1) is 26.0. The number of carbonyl (C=O) groups excluding carboxylic acids is 2. The third kappa shape index (κ3) is 6.59. The Morgan fingerprint density at radius 3 is 2.58 bits per heavy atom. The highest BCUT2D eigenvalue weighted by atomic mass is 16.7. The van der Waals surface area contributed by atoms with Gasteiger partial charge < -0.3 is 39.2 Å². The van der Waals surface area contributed by atoms with Crippen LogP contribution in [-0.2, 0) is 28.5 Å². The van der Waals surface area contributed by atoms with Crippen molar-refractivity contribution in [2.75, 3.05) is 33.9 Å². The summed E-state index contributed by atoms with van der Waals surface area (Å²) in [7, 11) is 3.17. The standard InChI is InChI=1S/C21H37NO9/c1-5-6-14-7-8-15(22(3)10-14)11-30-21(20(27)28-4)9-16(24)18(26)19(31-21)17(25)12-29-13(2)23/h14-19,24-26H,5-12H2,1-4H3/t14?,15?,16-,17-,18-,19?,21-/m1/s1. The molecule has 0 aromatic heterocycles. The summed E-state index contributed by atoms with van der Waals surface area (Å²) in [5.41, 5.74) is 0. The van der Waals surface area contributed by atoms with Crippen LogP contribution in [-0.4, -0.2) is 102 Å². The van der Waals surface area contributed by atoms with Gasteiger partial charge in [-0.3, -0.25) is 4.79 Å². The third-order valence-electron chi connectivity index (χ3n) is 6.15. The second-order valence-electron chi connectivity index (χ2n) is 8.60. The van der Waals surface area contributed by atoms with Crippen molar-refractivity contribution in [3.8, 4) is 0 Å². The zero-order valence-corrected chi connectivity index (χ0v) is 18.9. The normalized spacial score (nSPS) is 35.4. The van der Waals surface area contributed by atoms with Gasteiger partial charge in [-0.05, 0) is 32.2 Å². The number of ether oxygens (including phenoxy) is 4. The van der Waals surface area contributed by atoms with Crippen LogP contribution in [0.4, 0.5) is 0 Å². The van der Waals surface area contributed by atoms with Crippen LogP contribution in [0, 0.1) is 5.92 Å². The minimum Gasteiger partial charge on any atom is -0.465 e. The number of aliphatic hydroxyl groups excluding tert-OH is 3. The molecule has 2 aliphatic heterocycles. The molecule has 2 fully saturated rings. The molecular weight excluding hydrogens is 410 g/mol. The van der Waals surface area contributed by atoms with Gasteiger partial charge in [0.15, 0.2) is 0 Å². The molecule has 0 aromatic rings. The first-order valence-corrected chi connectivity index (χ1v) is 10.9. The fourth-order valence-corrected chi connectivity index (χ4v) is 4.38. The number of esters is 2. The summed E-state index contributed by atoms with van der Waals surface area (Å²) >= 11 is 0. The van der Waals surface area contributed by atoms with Gasteiger partial charge in [-0.25, -0.2) is 4.79 Å². The molecule has 3 N–H and O–H groups in total. The molecule has 0 radical (unpaired) electrons. The van der Waals surface area contributed by atoms with Crippen LogP contribution in [0.2, 0.25) is 0 Å². The van der Waals surface area contributed by atoms with Crippen molar-refractivity contribution in [2.45, 2.75) is 82.2 Å². The lowest BCUT2D eigenvalue weighted by atomic mass is 9.90. The molecule has 180 valence electrons. The number of methoxy groups -OCH3 is 1. The molecule has 10 nitrogen and oxygen atoms in total. The number of rotatable bonds is 9. The number of aliphatic hydroxyl groups is 3. The highest BCUT2D eigenvalue weighted by molar-refractivity contribution is 5.78. The van der Waals surface area contributed by atoms with Gasteiger partial charge in [-0.1, -0.05) is 13.3 Å². The summed E-state index contributed by atoms with van der Waals surface area (Å²) in [6, 6.07) is 0.0478. The maximum atomic E-state index is 12.6. The van der Waals surface area contributed by atoms with Gasteiger partial charge in [0.25, 0.3) is 5.79 Å². The molecule has 2 saturated heterocycles. The topological polar surface area (TPSA) is 135 Å². The molecule has 0 bridgehead atoms. The second-order valence-corrected chi connectivity index (χ2v) is 8.60. The number of nitrogens with zero attached hydrogens (tertiary/aromatic N) is 1. The number of likely N-dealkylation sites (tertiary alicyclic amines) is 1. The van der Waals surface area contributed by atoms with Gasteiger partial charge in [0.1, 0.15) is 24.9 Å². The van der Waals surface area contributed by atoms with Crippen LogP contribution in [0.3, 0.4) is 0 Å². The van der Waals surface area contributed by atoms with Crippen molar-refractivity contribution in [2.24, 2.45) is 5.92 Å². The lowest BCUT2D eigenvalue weighted by Gasteiger charge is -2.45. The summed E-state index contributed by atoms with van der Waals surface area (Å²) < 4.78 is 21.3. The van der Waals surface area contributed by atoms with Gasteiger partial charge in [-0.15, -0.1) is 0 Å². The molecule has 0 saturated carbocycles. The summed E-state index contributed by atoms with van der Waals surface area (Å²) in [6.45, 7) is 3.96. The molecule has 2 rings (SSSR count). The molecule has 3 unspecified atom stereocenters. The van der Waals surface area contributed by atoms with Crippen LogP contribution in [0.5, 0.6) is 0 Å².